The highest BCUT2D eigenvalue weighted by molar-refractivity contribution is 7.09. The van der Waals surface area contributed by atoms with Crippen LogP contribution in [0.5, 0.6) is 0 Å². The number of aromatic nitrogens is 3. The van der Waals surface area contributed by atoms with Crippen molar-refractivity contribution in [1.82, 2.24) is 20.3 Å². The average molecular weight is 338 g/mol. The van der Waals surface area contributed by atoms with E-state index in [0.29, 0.717) is 13.0 Å². The first kappa shape index (κ1) is 16.3. The van der Waals surface area contributed by atoms with E-state index < -0.39 is 0 Å². The fraction of sp³-hybridized carbons (Fsp3) is 0.222. The minimum Gasteiger partial charge on any atom is -0.350 e. The molecule has 0 saturated carbocycles. The van der Waals surface area contributed by atoms with Crippen LogP contribution in [0.15, 0.2) is 54.2 Å². The molecule has 3 aromatic rings. The summed E-state index contributed by atoms with van der Waals surface area (Å²) in [7, 11) is 0. The van der Waals surface area contributed by atoms with E-state index in [4.69, 9.17) is 0 Å². The van der Waals surface area contributed by atoms with E-state index in [0.717, 1.165) is 34.9 Å². The Morgan fingerprint density at radius 3 is 2.42 bits per heavy atom. The summed E-state index contributed by atoms with van der Waals surface area (Å²) in [4.78, 5) is 25.0. The van der Waals surface area contributed by atoms with Crippen molar-refractivity contribution >= 4 is 17.2 Å². The summed E-state index contributed by atoms with van der Waals surface area (Å²) >= 11 is 1.59. The molecule has 3 rings (SSSR count). The molecular weight excluding hydrogens is 320 g/mol. The maximum absolute atomic E-state index is 12.0. The summed E-state index contributed by atoms with van der Waals surface area (Å²) in [6.07, 6.45) is 5.52. The van der Waals surface area contributed by atoms with Crippen LogP contribution in [0.2, 0.25) is 0 Å². The zero-order valence-corrected chi connectivity index (χ0v) is 14.0. The molecule has 1 amide bonds. The van der Waals surface area contributed by atoms with E-state index >= 15 is 0 Å². The van der Waals surface area contributed by atoms with Crippen molar-refractivity contribution in [3.63, 3.8) is 0 Å². The van der Waals surface area contributed by atoms with Gasteiger partial charge < -0.3 is 5.32 Å². The molecule has 0 saturated heterocycles. The Hall–Kier alpha value is -2.60. The second-order valence-corrected chi connectivity index (χ2v) is 6.27. The first-order valence-electron chi connectivity index (χ1n) is 7.79. The Morgan fingerprint density at radius 2 is 1.71 bits per heavy atom. The quantitative estimate of drug-likeness (QED) is 0.719. The average Bonchev–Trinajstić information content (AvgIpc) is 3.07. The van der Waals surface area contributed by atoms with Crippen molar-refractivity contribution in [2.24, 2.45) is 0 Å². The number of hydrogen-bond acceptors (Lipinski definition) is 5. The van der Waals surface area contributed by atoms with E-state index in [1.807, 2.05) is 41.8 Å². The predicted molar refractivity (Wildman–Crippen MR) is 93.5 cm³/mol. The number of aryl methyl sites for hydroxylation is 2. The topological polar surface area (TPSA) is 67.8 Å². The van der Waals surface area contributed by atoms with Gasteiger partial charge in [-0.25, -0.2) is 4.98 Å². The highest BCUT2D eigenvalue weighted by Crippen LogP contribution is 2.13. The third-order valence-corrected chi connectivity index (χ3v) is 4.41. The number of pyridine rings is 2. The summed E-state index contributed by atoms with van der Waals surface area (Å²) in [5, 5.41) is 5.86. The van der Waals surface area contributed by atoms with Crippen molar-refractivity contribution in [2.45, 2.75) is 25.8 Å². The van der Waals surface area contributed by atoms with Gasteiger partial charge in [-0.05, 0) is 30.7 Å². The molecular formula is C18H18N4OS. The number of hydrogen-bond donors (Lipinski definition) is 1. The number of rotatable bonds is 7. The molecule has 0 spiro atoms. The molecule has 24 heavy (non-hydrogen) atoms. The molecule has 0 aliphatic heterocycles. The number of thiazole rings is 1. The van der Waals surface area contributed by atoms with Crippen molar-refractivity contribution in [2.75, 3.05) is 0 Å². The standard InChI is InChI=1S/C18H18N4OS/c23-17(21-12-15-6-2-4-10-20-15)11-16-13-24-18(22-16)8-7-14-5-1-3-9-19-14/h1-6,9-10,13H,7-8,11-12H2,(H,21,23). The van der Waals surface area contributed by atoms with E-state index in [2.05, 4.69) is 20.3 Å². The highest BCUT2D eigenvalue weighted by atomic mass is 32.1. The van der Waals surface area contributed by atoms with E-state index in [1.165, 1.54) is 0 Å². The van der Waals surface area contributed by atoms with Crippen LogP contribution in [0, 0.1) is 0 Å². The number of carbonyl (C=O) groups is 1. The third-order valence-electron chi connectivity index (χ3n) is 3.45. The van der Waals surface area contributed by atoms with Gasteiger partial charge in [-0.3, -0.25) is 14.8 Å². The maximum atomic E-state index is 12.0. The van der Waals surface area contributed by atoms with Crippen LogP contribution in [0.1, 0.15) is 22.1 Å². The molecule has 1 N–H and O–H groups in total. The lowest BCUT2D eigenvalue weighted by Crippen LogP contribution is -2.25. The van der Waals surface area contributed by atoms with Crippen LogP contribution in [-0.2, 0) is 30.6 Å². The van der Waals surface area contributed by atoms with Gasteiger partial charge in [-0.2, -0.15) is 0 Å². The first-order valence-corrected chi connectivity index (χ1v) is 8.67. The Kier molecular flexibility index (Phi) is 5.63. The molecule has 0 unspecified atom stereocenters. The Bertz CT molecular complexity index is 774. The molecule has 6 heteroatoms. The lowest BCUT2D eigenvalue weighted by Gasteiger charge is -2.03. The van der Waals surface area contributed by atoms with Gasteiger partial charge in [0.2, 0.25) is 5.91 Å². The molecule has 0 aliphatic rings. The number of nitrogens with zero attached hydrogens (tertiary/aromatic N) is 3. The van der Waals surface area contributed by atoms with Crippen molar-refractivity contribution in [1.29, 1.82) is 0 Å². The van der Waals surface area contributed by atoms with E-state index in [9.17, 15) is 4.79 Å². The zero-order valence-electron chi connectivity index (χ0n) is 13.2. The van der Waals surface area contributed by atoms with Gasteiger partial charge in [-0.15, -0.1) is 11.3 Å². The number of carbonyl (C=O) groups excluding carboxylic acids is 1. The minimum atomic E-state index is -0.0396. The van der Waals surface area contributed by atoms with Gasteiger partial charge in [0.1, 0.15) is 0 Å². The molecule has 122 valence electrons. The summed E-state index contributed by atoms with van der Waals surface area (Å²) in [6, 6.07) is 11.6. The number of amides is 1. The highest BCUT2D eigenvalue weighted by Gasteiger charge is 2.08. The van der Waals surface area contributed by atoms with Crippen LogP contribution in [-0.4, -0.2) is 20.9 Å². The molecule has 0 radical (unpaired) electrons. The van der Waals surface area contributed by atoms with Crippen molar-refractivity contribution in [3.8, 4) is 0 Å². The van der Waals surface area contributed by atoms with Gasteiger partial charge >= 0.3 is 0 Å². The van der Waals surface area contributed by atoms with Gasteiger partial charge in [0.15, 0.2) is 0 Å². The fourth-order valence-electron chi connectivity index (χ4n) is 2.24. The second-order valence-electron chi connectivity index (χ2n) is 5.33. The minimum absolute atomic E-state index is 0.0396. The van der Waals surface area contributed by atoms with Crippen LogP contribution < -0.4 is 5.32 Å². The SMILES string of the molecule is O=C(Cc1csc(CCc2ccccn2)n1)NCc1ccccn1. The lowest BCUT2D eigenvalue weighted by atomic mass is 10.2. The van der Waals surface area contributed by atoms with Crippen molar-refractivity contribution in [3.05, 3.63) is 76.3 Å². The van der Waals surface area contributed by atoms with E-state index in [-0.39, 0.29) is 5.91 Å². The predicted octanol–water partition coefficient (Wildman–Crippen LogP) is 2.58. The lowest BCUT2D eigenvalue weighted by molar-refractivity contribution is -0.120. The van der Waals surface area contributed by atoms with Crippen LogP contribution in [0.4, 0.5) is 0 Å². The zero-order chi connectivity index (χ0) is 16.6. The second kappa shape index (κ2) is 8.31. The Balaban J connectivity index is 1.46. The molecule has 5 nitrogen and oxygen atoms in total. The van der Waals surface area contributed by atoms with Gasteiger partial charge in [0.25, 0.3) is 0 Å². The van der Waals surface area contributed by atoms with Gasteiger partial charge in [0, 0.05) is 29.9 Å². The smallest absolute Gasteiger partial charge is 0.226 e. The first-order chi connectivity index (χ1) is 11.8. The van der Waals surface area contributed by atoms with Crippen LogP contribution >= 0.6 is 11.3 Å². The summed E-state index contributed by atoms with van der Waals surface area (Å²) < 4.78 is 0. The van der Waals surface area contributed by atoms with Crippen molar-refractivity contribution < 1.29 is 4.79 Å². The van der Waals surface area contributed by atoms with Crippen LogP contribution in [0.25, 0.3) is 0 Å². The molecule has 0 aromatic carbocycles. The van der Waals surface area contributed by atoms with Crippen LogP contribution in [0.3, 0.4) is 0 Å². The molecule has 0 fully saturated rings. The monoisotopic (exact) mass is 338 g/mol. The van der Waals surface area contributed by atoms with E-state index in [1.54, 1.807) is 23.7 Å². The third kappa shape index (κ3) is 4.96. The normalized spacial score (nSPS) is 10.5. The molecule has 0 atom stereocenters. The van der Waals surface area contributed by atoms with Gasteiger partial charge in [0.05, 0.1) is 29.4 Å². The Morgan fingerprint density at radius 1 is 0.958 bits per heavy atom. The number of nitrogens with one attached hydrogen (secondary N) is 1. The summed E-state index contributed by atoms with van der Waals surface area (Å²) in [6.45, 7) is 0.441. The largest absolute Gasteiger partial charge is 0.350 e. The fourth-order valence-corrected chi connectivity index (χ4v) is 3.04. The Labute approximate surface area is 144 Å². The van der Waals surface area contributed by atoms with Gasteiger partial charge in [-0.1, -0.05) is 12.1 Å². The maximum Gasteiger partial charge on any atom is 0.226 e. The summed E-state index contributed by atoms with van der Waals surface area (Å²) in [5.74, 6) is -0.0396. The molecule has 3 heterocycles. The molecule has 3 aromatic heterocycles. The summed E-state index contributed by atoms with van der Waals surface area (Å²) in [5.41, 5.74) is 2.72. The molecule has 0 bridgehead atoms. The molecule has 0 aliphatic carbocycles.